The molecule has 2 heteroatoms. The number of amides is 1. The van der Waals surface area contributed by atoms with Crippen molar-refractivity contribution < 1.29 is 4.79 Å². The topological polar surface area (TPSA) is 29.1 Å². The molecule has 16 heavy (non-hydrogen) atoms. The minimum absolute atomic E-state index is 0.0994. The van der Waals surface area contributed by atoms with Crippen LogP contribution in [0.25, 0.3) is 0 Å². The maximum Gasteiger partial charge on any atom is 0.223 e. The number of rotatable bonds is 7. The highest BCUT2D eigenvalue weighted by molar-refractivity contribution is 5.77. The van der Waals surface area contributed by atoms with Gasteiger partial charge >= 0.3 is 0 Å². The lowest BCUT2D eigenvalue weighted by atomic mass is 10.2. The average Bonchev–Trinajstić information content (AvgIpc) is 2.25. The SMILES string of the molecule is CC=CC=CCC=CCC(=O)NCC(C)C. The van der Waals surface area contributed by atoms with Gasteiger partial charge in [0.1, 0.15) is 0 Å². The predicted octanol–water partition coefficient (Wildman–Crippen LogP) is 3.23. The average molecular weight is 221 g/mol. The Kier molecular flexibility index (Phi) is 9.38. The third kappa shape index (κ3) is 10.8. The van der Waals surface area contributed by atoms with Gasteiger partial charge in [-0.1, -0.05) is 50.3 Å². The minimum Gasteiger partial charge on any atom is -0.356 e. The molecule has 90 valence electrons. The van der Waals surface area contributed by atoms with E-state index in [0.29, 0.717) is 12.3 Å². The molecule has 1 amide bonds. The second-order valence-corrected chi connectivity index (χ2v) is 4.06. The van der Waals surface area contributed by atoms with Crippen molar-refractivity contribution in [3.05, 3.63) is 36.5 Å². The standard InChI is InChI=1S/C14H23NO/c1-4-5-6-7-8-9-10-11-14(16)15-12-13(2)3/h4-7,9-10,13H,8,11-12H2,1-3H3,(H,15,16). The molecular formula is C14H23NO. The Balaban J connectivity index is 3.55. The Labute approximate surface area is 99.1 Å². The normalized spacial score (nSPS) is 12.2. The molecule has 0 aliphatic carbocycles. The number of nitrogens with one attached hydrogen (secondary N) is 1. The Morgan fingerprint density at radius 1 is 1.19 bits per heavy atom. The van der Waals surface area contributed by atoms with Crippen LogP contribution >= 0.6 is 0 Å². The number of hydrogen-bond acceptors (Lipinski definition) is 1. The van der Waals surface area contributed by atoms with Crippen LogP contribution < -0.4 is 5.32 Å². The molecule has 0 rings (SSSR count). The van der Waals surface area contributed by atoms with E-state index in [2.05, 4.69) is 25.2 Å². The monoisotopic (exact) mass is 221 g/mol. The van der Waals surface area contributed by atoms with Gasteiger partial charge in [0.2, 0.25) is 5.91 Å². The molecule has 0 aliphatic rings. The molecule has 0 saturated heterocycles. The van der Waals surface area contributed by atoms with Crippen molar-refractivity contribution in [1.29, 1.82) is 0 Å². The first-order chi connectivity index (χ1) is 7.66. The van der Waals surface area contributed by atoms with Crippen LogP contribution in [0.4, 0.5) is 0 Å². The van der Waals surface area contributed by atoms with E-state index in [9.17, 15) is 4.79 Å². The van der Waals surface area contributed by atoms with Crippen molar-refractivity contribution in [2.75, 3.05) is 6.54 Å². The molecular weight excluding hydrogens is 198 g/mol. The van der Waals surface area contributed by atoms with Gasteiger partial charge in [-0.2, -0.15) is 0 Å². The van der Waals surface area contributed by atoms with E-state index in [1.54, 1.807) is 0 Å². The zero-order valence-electron chi connectivity index (χ0n) is 10.6. The molecule has 0 aromatic rings. The van der Waals surface area contributed by atoms with Gasteiger partial charge < -0.3 is 5.32 Å². The lowest BCUT2D eigenvalue weighted by Gasteiger charge is -2.05. The number of carbonyl (C=O) groups is 1. The van der Waals surface area contributed by atoms with E-state index in [-0.39, 0.29) is 5.91 Å². The smallest absolute Gasteiger partial charge is 0.223 e. The molecule has 0 aromatic carbocycles. The number of allylic oxidation sites excluding steroid dienone is 5. The van der Waals surface area contributed by atoms with Gasteiger partial charge in [0.05, 0.1) is 0 Å². The van der Waals surface area contributed by atoms with Crippen molar-refractivity contribution in [2.45, 2.75) is 33.6 Å². The van der Waals surface area contributed by atoms with Crippen LogP contribution in [-0.2, 0) is 4.79 Å². The fourth-order valence-corrected chi connectivity index (χ4v) is 1.02. The summed E-state index contributed by atoms with van der Waals surface area (Å²) in [5, 5.41) is 2.87. The molecule has 0 spiro atoms. The molecule has 0 atom stereocenters. The summed E-state index contributed by atoms with van der Waals surface area (Å²) in [6, 6.07) is 0. The van der Waals surface area contributed by atoms with Gasteiger partial charge in [0.25, 0.3) is 0 Å². The summed E-state index contributed by atoms with van der Waals surface area (Å²) in [5.41, 5.74) is 0. The van der Waals surface area contributed by atoms with Crippen LogP contribution in [0.5, 0.6) is 0 Å². The summed E-state index contributed by atoms with van der Waals surface area (Å²) in [4.78, 5) is 11.3. The van der Waals surface area contributed by atoms with Crippen LogP contribution in [-0.4, -0.2) is 12.5 Å². The third-order valence-electron chi connectivity index (χ3n) is 1.89. The Bertz CT molecular complexity index is 262. The van der Waals surface area contributed by atoms with Gasteiger partial charge in [-0.15, -0.1) is 0 Å². The zero-order chi connectivity index (χ0) is 12.2. The summed E-state index contributed by atoms with van der Waals surface area (Å²) in [6.45, 7) is 6.91. The van der Waals surface area contributed by atoms with Crippen LogP contribution in [0.2, 0.25) is 0 Å². The molecule has 0 fully saturated rings. The van der Waals surface area contributed by atoms with E-state index < -0.39 is 0 Å². The molecule has 1 N–H and O–H groups in total. The summed E-state index contributed by atoms with van der Waals surface area (Å²) in [7, 11) is 0. The first kappa shape index (κ1) is 14.7. The molecule has 0 bridgehead atoms. The van der Waals surface area contributed by atoms with Gasteiger partial charge in [-0.25, -0.2) is 0 Å². The summed E-state index contributed by atoms with van der Waals surface area (Å²) < 4.78 is 0. The highest BCUT2D eigenvalue weighted by Gasteiger charge is 1.98. The van der Waals surface area contributed by atoms with Crippen LogP contribution in [0.15, 0.2) is 36.5 Å². The summed E-state index contributed by atoms with van der Waals surface area (Å²) in [5.74, 6) is 0.610. The number of hydrogen-bond donors (Lipinski definition) is 1. The van der Waals surface area contributed by atoms with Crippen molar-refractivity contribution in [2.24, 2.45) is 5.92 Å². The second-order valence-electron chi connectivity index (χ2n) is 4.06. The van der Waals surface area contributed by atoms with E-state index in [1.807, 2.05) is 37.3 Å². The molecule has 0 radical (unpaired) electrons. The Morgan fingerprint density at radius 2 is 1.94 bits per heavy atom. The first-order valence-corrected chi connectivity index (χ1v) is 5.86. The zero-order valence-corrected chi connectivity index (χ0v) is 10.6. The molecule has 2 nitrogen and oxygen atoms in total. The highest BCUT2D eigenvalue weighted by atomic mass is 16.1. The van der Waals surface area contributed by atoms with Crippen molar-refractivity contribution in [1.82, 2.24) is 5.32 Å². The van der Waals surface area contributed by atoms with E-state index in [0.717, 1.165) is 13.0 Å². The van der Waals surface area contributed by atoms with Gasteiger partial charge in [-0.3, -0.25) is 4.79 Å². The molecule has 0 aromatic heterocycles. The first-order valence-electron chi connectivity index (χ1n) is 5.86. The maximum absolute atomic E-state index is 11.3. The fraction of sp³-hybridized carbons (Fsp3) is 0.500. The maximum atomic E-state index is 11.3. The lowest BCUT2D eigenvalue weighted by Crippen LogP contribution is -2.26. The van der Waals surface area contributed by atoms with Gasteiger partial charge in [0, 0.05) is 13.0 Å². The largest absolute Gasteiger partial charge is 0.356 e. The molecule has 0 saturated carbocycles. The molecule has 0 heterocycles. The van der Waals surface area contributed by atoms with Crippen LogP contribution in [0.1, 0.15) is 33.6 Å². The van der Waals surface area contributed by atoms with Crippen molar-refractivity contribution in [3.63, 3.8) is 0 Å². The Morgan fingerprint density at radius 3 is 2.56 bits per heavy atom. The quantitative estimate of drug-likeness (QED) is 0.519. The fourth-order valence-electron chi connectivity index (χ4n) is 1.02. The van der Waals surface area contributed by atoms with E-state index in [4.69, 9.17) is 0 Å². The predicted molar refractivity (Wildman–Crippen MR) is 70.2 cm³/mol. The van der Waals surface area contributed by atoms with Crippen LogP contribution in [0.3, 0.4) is 0 Å². The third-order valence-corrected chi connectivity index (χ3v) is 1.89. The molecule has 0 unspecified atom stereocenters. The van der Waals surface area contributed by atoms with Gasteiger partial charge in [0.15, 0.2) is 0 Å². The lowest BCUT2D eigenvalue weighted by molar-refractivity contribution is -0.120. The van der Waals surface area contributed by atoms with E-state index >= 15 is 0 Å². The number of carbonyl (C=O) groups excluding carboxylic acids is 1. The van der Waals surface area contributed by atoms with Crippen molar-refractivity contribution >= 4 is 5.91 Å². The Hall–Kier alpha value is -1.31. The minimum atomic E-state index is 0.0994. The highest BCUT2D eigenvalue weighted by Crippen LogP contribution is 1.92. The summed E-state index contributed by atoms with van der Waals surface area (Å²) >= 11 is 0. The second kappa shape index (κ2) is 10.2. The van der Waals surface area contributed by atoms with Gasteiger partial charge in [-0.05, 0) is 19.3 Å². The summed E-state index contributed by atoms with van der Waals surface area (Å²) in [6.07, 6.45) is 13.3. The van der Waals surface area contributed by atoms with Crippen LogP contribution in [0, 0.1) is 5.92 Å². The molecule has 0 aliphatic heterocycles. The van der Waals surface area contributed by atoms with E-state index in [1.165, 1.54) is 0 Å². The van der Waals surface area contributed by atoms with Crippen molar-refractivity contribution in [3.8, 4) is 0 Å².